The van der Waals surface area contributed by atoms with E-state index in [4.69, 9.17) is 4.74 Å². The highest BCUT2D eigenvalue weighted by Crippen LogP contribution is 2.13. The highest BCUT2D eigenvalue weighted by Gasteiger charge is 2.22. The van der Waals surface area contributed by atoms with Gasteiger partial charge in [-0.3, -0.25) is 9.59 Å². The Morgan fingerprint density at radius 2 is 2.04 bits per heavy atom. The molecule has 0 bridgehead atoms. The summed E-state index contributed by atoms with van der Waals surface area (Å²) in [4.78, 5) is 29.3. The van der Waals surface area contributed by atoms with Crippen LogP contribution in [-0.2, 0) is 11.4 Å². The van der Waals surface area contributed by atoms with Gasteiger partial charge in [-0.05, 0) is 17.7 Å². The predicted molar refractivity (Wildman–Crippen MR) is 83.9 cm³/mol. The van der Waals surface area contributed by atoms with E-state index < -0.39 is 0 Å². The lowest BCUT2D eigenvalue weighted by atomic mass is 10.2. The first-order valence-corrected chi connectivity index (χ1v) is 7.41. The lowest BCUT2D eigenvalue weighted by Crippen LogP contribution is -2.50. The van der Waals surface area contributed by atoms with Gasteiger partial charge in [-0.2, -0.15) is 0 Å². The summed E-state index contributed by atoms with van der Waals surface area (Å²) >= 11 is 0. The summed E-state index contributed by atoms with van der Waals surface area (Å²) in [6, 6.07) is 13.1. The Kier molecular flexibility index (Phi) is 4.52. The highest BCUT2D eigenvalue weighted by molar-refractivity contribution is 5.95. The van der Waals surface area contributed by atoms with Crippen molar-refractivity contribution in [3.63, 3.8) is 0 Å². The molecular formula is C17H17N3O3. The molecule has 1 saturated heterocycles. The maximum absolute atomic E-state index is 12.3. The number of benzene rings is 1. The van der Waals surface area contributed by atoms with Crippen LogP contribution in [0.2, 0.25) is 0 Å². The summed E-state index contributed by atoms with van der Waals surface area (Å²) in [7, 11) is 0. The fourth-order valence-corrected chi connectivity index (χ4v) is 2.31. The van der Waals surface area contributed by atoms with Crippen LogP contribution in [0, 0.1) is 0 Å². The van der Waals surface area contributed by atoms with Crippen molar-refractivity contribution in [2.24, 2.45) is 0 Å². The Morgan fingerprint density at radius 1 is 1.22 bits per heavy atom. The summed E-state index contributed by atoms with van der Waals surface area (Å²) in [5.74, 6) is 0.212. The first kappa shape index (κ1) is 15.0. The zero-order valence-corrected chi connectivity index (χ0v) is 12.6. The first-order chi connectivity index (χ1) is 11.2. The van der Waals surface area contributed by atoms with Crippen molar-refractivity contribution >= 4 is 11.8 Å². The van der Waals surface area contributed by atoms with E-state index in [1.165, 1.54) is 11.1 Å². The Labute approximate surface area is 134 Å². The van der Waals surface area contributed by atoms with Crippen molar-refractivity contribution in [2.45, 2.75) is 6.61 Å². The number of rotatable bonds is 4. The number of amides is 2. The maximum Gasteiger partial charge on any atom is 0.272 e. The van der Waals surface area contributed by atoms with Crippen LogP contribution in [0.3, 0.4) is 0 Å². The minimum atomic E-state index is -0.241. The van der Waals surface area contributed by atoms with E-state index in [-0.39, 0.29) is 18.4 Å². The van der Waals surface area contributed by atoms with Gasteiger partial charge in [0.15, 0.2) is 0 Å². The van der Waals surface area contributed by atoms with Crippen molar-refractivity contribution in [3.8, 4) is 5.75 Å². The smallest absolute Gasteiger partial charge is 0.272 e. The molecular weight excluding hydrogens is 294 g/mol. The van der Waals surface area contributed by atoms with Crippen LogP contribution in [-0.4, -0.2) is 41.3 Å². The summed E-state index contributed by atoms with van der Waals surface area (Å²) in [6.07, 6.45) is 1.53. The third-order valence-electron chi connectivity index (χ3n) is 3.53. The fourth-order valence-electron chi connectivity index (χ4n) is 2.31. The second-order valence-corrected chi connectivity index (χ2v) is 5.23. The Morgan fingerprint density at radius 3 is 2.74 bits per heavy atom. The van der Waals surface area contributed by atoms with Crippen LogP contribution in [0.25, 0.3) is 0 Å². The zero-order chi connectivity index (χ0) is 16.1. The minimum absolute atomic E-state index is 0.0762. The van der Waals surface area contributed by atoms with Gasteiger partial charge < -0.3 is 15.0 Å². The van der Waals surface area contributed by atoms with Crippen molar-refractivity contribution in [1.29, 1.82) is 0 Å². The monoisotopic (exact) mass is 311 g/mol. The molecule has 0 unspecified atom stereocenters. The number of piperazine rings is 1. The average Bonchev–Trinajstić information content (AvgIpc) is 2.61. The van der Waals surface area contributed by atoms with E-state index in [2.05, 4.69) is 10.3 Å². The Balaban J connectivity index is 1.60. The van der Waals surface area contributed by atoms with Gasteiger partial charge in [0.05, 0.1) is 12.7 Å². The number of carbonyl (C=O) groups is 2. The summed E-state index contributed by atoms with van der Waals surface area (Å²) < 4.78 is 5.64. The number of aromatic nitrogens is 1. The van der Waals surface area contributed by atoms with E-state index in [9.17, 15) is 9.59 Å². The van der Waals surface area contributed by atoms with Crippen LogP contribution in [0.4, 0.5) is 0 Å². The molecule has 2 aromatic rings. The minimum Gasteiger partial charge on any atom is -0.487 e. The number of nitrogens with zero attached hydrogens (tertiary/aromatic N) is 2. The first-order valence-electron chi connectivity index (χ1n) is 7.41. The van der Waals surface area contributed by atoms with Crippen molar-refractivity contribution in [3.05, 3.63) is 59.9 Å². The molecule has 1 aliphatic rings. The van der Waals surface area contributed by atoms with Gasteiger partial charge in [-0.15, -0.1) is 0 Å². The second kappa shape index (κ2) is 6.91. The second-order valence-electron chi connectivity index (χ2n) is 5.23. The van der Waals surface area contributed by atoms with Gasteiger partial charge in [0.1, 0.15) is 18.1 Å². The van der Waals surface area contributed by atoms with E-state index in [0.29, 0.717) is 31.1 Å². The molecule has 1 aromatic heterocycles. The SMILES string of the molecule is O=C1CN(C(=O)c2ccc(OCc3ccccc3)cn2)CCN1. The normalized spacial score (nSPS) is 14.3. The molecule has 118 valence electrons. The summed E-state index contributed by atoms with van der Waals surface area (Å²) in [5.41, 5.74) is 1.37. The lowest BCUT2D eigenvalue weighted by molar-refractivity contribution is -0.123. The maximum atomic E-state index is 12.3. The number of hydrogen-bond acceptors (Lipinski definition) is 4. The number of hydrogen-bond donors (Lipinski definition) is 1. The highest BCUT2D eigenvalue weighted by atomic mass is 16.5. The van der Waals surface area contributed by atoms with Gasteiger partial charge in [-0.1, -0.05) is 30.3 Å². The van der Waals surface area contributed by atoms with Gasteiger partial charge >= 0.3 is 0 Å². The summed E-state index contributed by atoms with van der Waals surface area (Å²) in [6.45, 7) is 1.50. The molecule has 0 aliphatic carbocycles. The molecule has 2 heterocycles. The quantitative estimate of drug-likeness (QED) is 0.922. The topological polar surface area (TPSA) is 71.5 Å². The molecule has 0 spiro atoms. The van der Waals surface area contributed by atoms with Crippen LogP contribution < -0.4 is 10.1 Å². The molecule has 0 saturated carbocycles. The predicted octanol–water partition coefficient (Wildman–Crippen LogP) is 1.23. The molecule has 0 radical (unpaired) electrons. The molecule has 0 atom stereocenters. The standard InChI is InChI=1S/C17H17N3O3/c21-16-11-20(9-8-18-16)17(22)15-7-6-14(10-19-15)23-12-13-4-2-1-3-5-13/h1-7,10H,8-9,11-12H2,(H,18,21). The van der Waals surface area contributed by atoms with E-state index in [0.717, 1.165) is 5.56 Å². The van der Waals surface area contributed by atoms with Gasteiger partial charge in [0.2, 0.25) is 5.91 Å². The molecule has 3 rings (SSSR count). The lowest BCUT2D eigenvalue weighted by Gasteiger charge is -2.26. The molecule has 1 aliphatic heterocycles. The Bertz CT molecular complexity index is 686. The number of pyridine rings is 1. The molecule has 6 heteroatoms. The van der Waals surface area contributed by atoms with Crippen LogP contribution in [0.15, 0.2) is 48.7 Å². The molecule has 23 heavy (non-hydrogen) atoms. The number of carbonyl (C=O) groups excluding carboxylic acids is 2. The average molecular weight is 311 g/mol. The third-order valence-corrected chi connectivity index (χ3v) is 3.53. The third kappa shape index (κ3) is 3.85. The van der Waals surface area contributed by atoms with Crippen molar-refractivity contribution < 1.29 is 14.3 Å². The fraction of sp³-hybridized carbons (Fsp3) is 0.235. The summed E-state index contributed by atoms with van der Waals surface area (Å²) in [5, 5.41) is 2.69. The van der Waals surface area contributed by atoms with Crippen LogP contribution >= 0.6 is 0 Å². The van der Waals surface area contributed by atoms with Crippen molar-refractivity contribution in [2.75, 3.05) is 19.6 Å². The van der Waals surface area contributed by atoms with Gasteiger partial charge in [0, 0.05) is 13.1 Å². The van der Waals surface area contributed by atoms with E-state index in [1.54, 1.807) is 12.1 Å². The molecule has 1 N–H and O–H groups in total. The van der Waals surface area contributed by atoms with E-state index in [1.807, 2.05) is 30.3 Å². The van der Waals surface area contributed by atoms with Crippen molar-refractivity contribution in [1.82, 2.24) is 15.2 Å². The van der Waals surface area contributed by atoms with Crippen LogP contribution in [0.1, 0.15) is 16.1 Å². The number of ether oxygens (including phenoxy) is 1. The van der Waals surface area contributed by atoms with Gasteiger partial charge in [-0.25, -0.2) is 4.98 Å². The Hall–Kier alpha value is -2.89. The largest absolute Gasteiger partial charge is 0.487 e. The molecule has 1 aromatic carbocycles. The molecule has 6 nitrogen and oxygen atoms in total. The zero-order valence-electron chi connectivity index (χ0n) is 12.6. The van der Waals surface area contributed by atoms with E-state index >= 15 is 0 Å². The molecule has 2 amide bonds. The molecule has 1 fully saturated rings. The number of nitrogens with one attached hydrogen (secondary N) is 1. The van der Waals surface area contributed by atoms with Crippen LogP contribution in [0.5, 0.6) is 5.75 Å². The van der Waals surface area contributed by atoms with Gasteiger partial charge in [0.25, 0.3) is 5.91 Å².